The molecule has 22 heavy (non-hydrogen) atoms. The summed E-state index contributed by atoms with van der Waals surface area (Å²) in [5, 5.41) is 6.00. The van der Waals surface area contributed by atoms with E-state index in [0.717, 1.165) is 31.6 Å². The number of rotatable bonds is 1. The first kappa shape index (κ1) is 13.6. The SMILES string of the molecule is Clc1cccc2c(-c3cccc4c(Cl)cccc34)cccc12. The molecule has 0 unspecified atom stereocenters. The van der Waals surface area contributed by atoms with Gasteiger partial charge in [-0.05, 0) is 34.0 Å². The summed E-state index contributed by atoms with van der Waals surface area (Å²) in [6, 6.07) is 24.5. The maximum atomic E-state index is 6.34. The van der Waals surface area contributed by atoms with Crippen LogP contribution in [-0.4, -0.2) is 0 Å². The Kier molecular flexibility index (Phi) is 3.29. The van der Waals surface area contributed by atoms with Crippen LogP contribution in [0.25, 0.3) is 32.7 Å². The van der Waals surface area contributed by atoms with E-state index < -0.39 is 0 Å². The second-order valence-corrected chi connectivity index (χ2v) is 6.10. The lowest BCUT2D eigenvalue weighted by Gasteiger charge is -2.11. The zero-order chi connectivity index (χ0) is 15.1. The van der Waals surface area contributed by atoms with E-state index in [2.05, 4.69) is 36.4 Å². The molecule has 4 aromatic carbocycles. The van der Waals surface area contributed by atoms with Gasteiger partial charge in [0.1, 0.15) is 0 Å². The third kappa shape index (κ3) is 2.08. The molecule has 0 saturated carbocycles. The first-order chi connectivity index (χ1) is 10.8. The molecule has 0 saturated heterocycles. The first-order valence-electron chi connectivity index (χ1n) is 7.10. The quantitative estimate of drug-likeness (QED) is 0.355. The van der Waals surface area contributed by atoms with Gasteiger partial charge in [-0.2, -0.15) is 0 Å². The molecule has 0 heterocycles. The van der Waals surface area contributed by atoms with Crippen molar-refractivity contribution in [3.05, 3.63) is 82.8 Å². The van der Waals surface area contributed by atoms with Crippen molar-refractivity contribution in [2.45, 2.75) is 0 Å². The number of hydrogen-bond acceptors (Lipinski definition) is 0. The summed E-state index contributed by atoms with van der Waals surface area (Å²) in [6.07, 6.45) is 0. The van der Waals surface area contributed by atoms with E-state index in [4.69, 9.17) is 23.2 Å². The fourth-order valence-electron chi connectivity index (χ4n) is 3.01. The van der Waals surface area contributed by atoms with E-state index in [1.54, 1.807) is 0 Å². The number of fused-ring (bicyclic) bond motifs is 2. The summed E-state index contributed by atoms with van der Waals surface area (Å²) in [7, 11) is 0. The molecule has 0 fully saturated rings. The van der Waals surface area contributed by atoms with Gasteiger partial charge in [-0.1, -0.05) is 83.9 Å². The van der Waals surface area contributed by atoms with E-state index in [1.807, 2.05) is 36.4 Å². The normalized spacial score (nSPS) is 11.2. The average Bonchev–Trinajstić information content (AvgIpc) is 2.55. The minimum atomic E-state index is 0.776. The molecule has 0 aromatic heterocycles. The summed E-state index contributed by atoms with van der Waals surface area (Å²) in [4.78, 5) is 0. The lowest BCUT2D eigenvalue weighted by molar-refractivity contribution is 1.68. The van der Waals surface area contributed by atoms with Crippen LogP contribution in [0.2, 0.25) is 10.0 Å². The topological polar surface area (TPSA) is 0 Å². The van der Waals surface area contributed by atoms with E-state index in [1.165, 1.54) is 11.1 Å². The van der Waals surface area contributed by atoms with Crippen molar-refractivity contribution >= 4 is 44.7 Å². The highest BCUT2D eigenvalue weighted by Crippen LogP contribution is 2.37. The summed E-state index contributed by atoms with van der Waals surface area (Å²) in [6.45, 7) is 0. The molecule has 0 spiro atoms. The van der Waals surface area contributed by atoms with E-state index in [-0.39, 0.29) is 0 Å². The van der Waals surface area contributed by atoms with Gasteiger partial charge in [-0.3, -0.25) is 0 Å². The monoisotopic (exact) mass is 322 g/mol. The Morgan fingerprint density at radius 2 is 0.773 bits per heavy atom. The van der Waals surface area contributed by atoms with Crippen LogP contribution in [0.3, 0.4) is 0 Å². The lowest BCUT2D eigenvalue weighted by Crippen LogP contribution is -1.85. The van der Waals surface area contributed by atoms with Crippen molar-refractivity contribution < 1.29 is 0 Å². The smallest absolute Gasteiger partial charge is 0.0484 e. The van der Waals surface area contributed by atoms with E-state index in [0.29, 0.717) is 0 Å². The van der Waals surface area contributed by atoms with Gasteiger partial charge >= 0.3 is 0 Å². The molecule has 0 atom stereocenters. The van der Waals surface area contributed by atoms with Gasteiger partial charge in [0.05, 0.1) is 0 Å². The minimum absolute atomic E-state index is 0.776. The van der Waals surface area contributed by atoms with Crippen LogP contribution in [0.4, 0.5) is 0 Å². The highest BCUT2D eigenvalue weighted by molar-refractivity contribution is 6.37. The van der Waals surface area contributed by atoms with Crippen molar-refractivity contribution in [2.24, 2.45) is 0 Å². The predicted molar refractivity (Wildman–Crippen MR) is 96.9 cm³/mol. The van der Waals surface area contributed by atoms with Gasteiger partial charge in [0, 0.05) is 20.8 Å². The molecular formula is C20H12Cl2. The maximum Gasteiger partial charge on any atom is 0.0484 e. The molecule has 0 bridgehead atoms. The molecular weight excluding hydrogens is 311 g/mol. The first-order valence-corrected chi connectivity index (χ1v) is 7.86. The predicted octanol–water partition coefficient (Wildman–Crippen LogP) is 6.97. The molecule has 4 aromatic rings. The molecule has 0 radical (unpaired) electrons. The fraction of sp³-hybridized carbons (Fsp3) is 0. The Labute approximate surface area is 138 Å². The molecule has 0 aliphatic heterocycles. The third-order valence-electron chi connectivity index (χ3n) is 4.03. The van der Waals surface area contributed by atoms with Crippen LogP contribution in [0, 0.1) is 0 Å². The van der Waals surface area contributed by atoms with Crippen LogP contribution in [0.15, 0.2) is 72.8 Å². The molecule has 4 rings (SSSR count). The van der Waals surface area contributed by atoms with Gasteiger partial charge in [-0.25, -0.2) is 0 Å². The zero-order valence-electron chi connectivity index (χ0n) is 11.7. The van der Waals surface area contributed by atoms with Crippen molar-refractivity contribution in [1.29, 1.82) is 0 Å². The Morgan fingerprint density at radius 3 is 1.23 bits per heavy atom. The number of benzene rings is 4. The Morgan fingerprint density at radius 1 is 0.409 bits per heavy atom. The van der Waals surface area contributed by atoms with Gasteiger partial charge < -0.3 is 0 Å². The second kappa shape index (κ2) is 5.31. The van der Waals surface area contributed by atoms with Crippen LogP contribution in [-0.2, 0) is 0 Å². The molecule has 0 amide bonds. The van der Waals surface area contributed by atoms with E-state index in [9.17, 15) is 0 Å². The highest BCUT2D eigenvalue weighted by atomic mass is 35.5. The summed E-state index contributed by atoms with van der Waals surface area (Å²) < 4.78 is 0. The highest BCUT2D eigenvalue weighted by Gasteiger charge is 2.09. The summed E-state index contributed by atoms with van der Waals surface area (Å²) in [5.74, 6) is 0. The fourth-order valence-corrected chi connectivity index (χ4v) is 3.49. The van der Waals surface area contributed by atoms with Gasteiger partial charge in [0.15, 0.2) is 0 Å². The van der Waals surface area contributed by atoms with E-state index >= 15 is 0 Å². The maximum absolute atomic E-state index is 6.34. The lowest BCUT2D eigenvalue weighted by atomic mass is 9.94. The van der Waals surface area contributed by atoms with Crippen LogP contribution in [0.1, 0.15) is 0 Å². The second-order valence-electron chi connectivity index (χ2n) is 5.28. The summed E-state index contributed by atoms with van der Waals surface area (Å²) >= 11 is 12.7. The molecule has 106 valence electrons. The Balaban J connectivity index is 2.13. The van der Waals surface area contributed by atoms with Gasteiger partial charge in [0.25, 0.3) is 0 Å². The minimum Gasteiger partial charge on any atom is -0.0837 e. The third-order valence-corrected chi connectivity index (χ3v) is 4.69. The van der Waals surface area contributed by atoms with Gasteiger partial charge in [0.2, 0.25) is 0 Å². The van der Waals surface area contributed by atoms with Crippen molar-refractivity contribution in [3.63, 3.8) is 0 Å². The number of hydrogen-bond donors (Lipinski definition) is 0. The average molecular weight is 323 g/mol. The van der Waals surface area contributed by atoms with Crippen LogP contribution < -0.4 is 0 Å². The molecule has 0 N–H and O–H groups in total. The molecule has 0 nitrogen and oxygen atoms in total. The Bertz CT molecular complexity index is 920. The Hall–Kier alpha value is -2.02. The zero-order valence-corrected chi connectivity index (χ0v) is 13.2. The van der Waals surface area contributed by atoms with Crippen molar-refractivity contribution in [1.82, 2.24) is 0 Å². The largest absolute Gasteiger partial charge is 0.0837 e. The summed E-state index contributed by atoms with van der Waals surface area (Å²) in [5.41, 5.74) is 2.35. The van der Waals surface area contributed by atoms with Crippen molar-refractivity contribution in [2.75, 3.05) is 0 Å². The molecule has 0 aliphatic carbocycles. The van der Waals surface area contributed by atoms with Crippen molar-refractivity contribution in [3.8, 4) is 11.1 Å². The van der Waals surface area contributed by atoms with Gasteiger partial charge in [-0.15, -0.1) is 0 Å². The number of halogens is 2. The standard InChI is InChI=1S/C20H12Cl2/c21-19-11-3-7-15-13(5-1-9-17(15)19)14-6-2-10-18-16(14)8-4-12-20(18)22/h1-12H. The van der Waals surface area contributed by atoms with Crippen LogP contribution in [0.5, 0.6) is 0 Å². The molecule has 0 aliphatic rings. The van der Waals surface area contributed by atoms with Crippen LogP contribution >= 0.6 is 23.2 Å². The molecule has 2 heteroatoms.